The van der Waals surface area contributed by atoms with Crippen LogP contribution in [0.2, 0.25) is 0 Å². The molecule has 2 aromatic carbocycles. The Kier molecular flexibility index (Phi) is 4.57. The number of halogens is 2. The molecule has 2 heterocycles. The van der Waals surface area contributed by atoms with Crippen LogP contribution in [0.5, 0.6) is 0 Å². The molecule has 0 fully saturated rings. The molecule has 0 aliphatic carbocycles. The van der Waals surface area contributed by atoms with Crippen molar-refractivity contribution in [2.24, 2.45) is 0 Å². The number of rotatable bonds is 4. The summed E-state index contributed by atoms with van der Waals surface area (Å²) in [7, 11) is 0. The van der Waals surface area contributed by atoms with E-state index in [0.29, 0.717) is 33.5 Å². The molecule has 4 aromatic rings. The lowest BCUT2D eigenvalue weighted by Crippen LogP contribution is -2.29. The van der Waals surface area contributed by atoms with Crippen molar-refractivity contribution in [3.05, 3.63) is 94.8 Å². The van der Waals surface area contributed by atoms with Gasteiger partial charge in [0.05, 0.1) is 22.7 Å². The van der Waals surface area contributed by atoms with E-state index in [9.17, 15) is 13.6 Å². The zero-order valence-corrected chi connectivity index (χ0v) is 14.8. The average molecular weight is 379 g/mol. The quantitative estimate of drug-likeness (QED) is 0.573. The molecule has 0 radical (unpaired) electrons. The molecule has 0 saturated carbocycles. The fourth-order valence-electron chi connectivity index (χ4n) is 2.95. The number of aromatic nitrogens is 2. The zero-order chi connectivity index (χ0) is 19.7. The molecule has 4 rings (SSSR count). The molecule has 0 saturated heterocycles. The van der Waals surface area contributed by atoms with Gasteiger partial charge < -0.3 is 9.84 Å². The topological polar surface area (TPSA) is 68.0 Å². The SMILES string of the molecule is Cc1noc2ncc(C(=O)NC(c3ccc(F)cc3)c3ccc(F)cc3)cc12. The van der Waals surface area contributed by atoms with Crippen molar-refractivity contribution in [2.75, 3.05) is 0 Å². The van der Waals surface area contributed by atoms with Crippen LogP contribution >= 0.6 is 0 Å². The lowest BCUT2D eigenvalue weighted by Gasteiger charge is -2.20. The second kappa shape index (κ2) is 7.19. The highest BCUT2D eigenvalue weighted by molar-refractivity contribution is 5.97. The third-order valence-corrected chi connectivity index (χ3v) is 4.45. The predicted octanol–water partition coefficient (Wildman–Crippen LogP) is 4.33. The monoisotopic (exact) mass is 379 g/mol. The van der Waals surface area contributed by atoms with E-state index >= 15 is 0 Å². The number of pyridine rings is 1. The van der Waals surface area contributed by atoms with Crippen LogP contribution in [0, 0.1) is 18.6 Å². The molecule has 28 heavy (non-hydrogen) atoms. The number of nitrogens with zero attached hydrogens (tertiary/aromatic N) is 2. The Labute approximate surface area is 159 Å². The van der Waals surface area contributed by atoms with E-state index in [1.807, 2.05) is 0 Å². The number of fused-ring (bicyclic) bond motifs is 1. The Morgan fingerprint density at radius 3 is 2.14 bits per heavy atom. The summed E-state index contributed by atoms with van der Waals surface area (Å²) < 4.78 is 31.7. The van der Waals surface area contributed by atoms with Crippen molar-refractivity contribution < 1.29 is 18.1 Å². The molecule has 0 bridgehead atoms. The van der Waals surface area contributed by atoms with Crippen molar-refractivity contribution in [1.29, 1.82) is 0 Å². The predicted molar refractivity (Wildman–Crippen MR) is 98.7 cm³/mol. The number of hydrogen-bond acceptors (Lipinski definition) is 4. The Morgan fingerprint density at radius 1 is 1.00 bits per heavy atom. The standard InChI is InChI=1S/C21H15F2N3O2/c1-12-18-10-15(11-24-21(18)28-26-12)20(27)25-19(13-2-6-16(22)7-3-13)14-4-8-17(23)9-5-14/h2-11,19H,1H3,(H,25,27). The van der Waals surface area contributed by atoms with Crippen LogP contribution in [0.15, 0.2) is 65.3 Å². The van der Waals surface area contributed by atoms with Crippen LogP contribution in [0.4, 0.5) is 8.78 Å². The first-order chi connectivity index (χ1) is 13.5. The number of amides is 1. The molecule has 7 heteroatoms. The van der Waals surface area contributed by atoms with Gasteiger partial charge in [-0.2, -0.15) is 0 Å². The summed E-state index contributed by atoms with van der Waals surface area (Å²) in [6, 6.07) is 12.6. The maximum absolute atomic E-state index is 13.3. The van der Waals surface area contributed by atoms with Crippen LogP contribution in [-0.4, -0.2) is 16.0 Å². The first-order valence-corrected chi connectivity index (χ1v) is 8.55. The molecule has 0 atom stereocenters. The fraction of sp³-hybridized carbons (Fsp3) is 0.0952. The molecule has 2 aromatic heterocycles. The molecule has 0 aliphatic heterocycles. The summed E-state index contributed by atoms with van der Waals surface area (Å²) in [5, 5.41) is 7.38. The molecule has 0 spiro atoms. The molecule has 140 valence electrons. The van der Waals surface area contributed by atoms with Gasteiger partial charge in [0.15, 0.2) is 0 Å². The molecule has 1 amide bonds. The maximum Gasteiger partial charge on any atom is 0.257 e. The van der Waals surface area contributed by atoms with Crippen molar-refractivity contribution in [3.63, 3.8) is 0 Å². The Hall–Kier alpha value is -3.61. The Morgan fingerprint density at radius 2 is 1.57 bits per heavy atom. The average Bonchev–Trinajstić information content (AvgIpc) is 3.08. The Balaban J connectivity index is 1.69. The Bertz CT molecular complexity index is 1090. The number of nitrogens with one attached hydrogen (secondary N) is 1. The summed E-state index contributed by atoms with van der Waals surface area (Å²) in [6.07, 6.45) is 1.40. The van der Waals surface area contributed by atoms with E-state index in [0.717, 1.165) is 0 Å². The van der Waals surface area contributed by atoms with E-state index in [2.05, 4.69) is 15.5 Å². The third kappa shape index (κ3) is 3.46. The molecular formula is C21H15F2N3O2. The van der Waals surface area contributed by atoms with Crippen LogP contribution in [0.3, 0.4) is 0 Å². The fourth-order valence-corrected chi connectivity index (χ4v) is 2.95. The van der Waals surface area contributed by atoms with Gasteiger partial charge in [-0.05, 0) is 48.4 Å². The van der Waals surface area contributed by atoms with Crippen LogP contribution < -0.4 is 5.32 Å². The van der Waals surface area contributed by atoms with Gasteiger partial charge >= 0.3 is 0 Å². The number of carbonyl (C=O) groups is 1. The summed E-state index contributed by atoms with van der Waals surface area (Å²) >= 11 is 0. The van der Waals surface area contributed by atoms with Crippen molar-refractivity contribution in [2.45, 2.75) is 13.0 Å². The van der Waals surface area contributed by atoms with Gasteiger partial charge in [-0.25, -0.2) is 13.8 Å². The summed E-state index contributed by atoms with van der Waals surface area (Å²) in [6.45, 7) is 1.76. The van der Waals surface area contributed by atoms with E-state index < -0.39 is 6.04 Å². The summed E-state index contributed by atoms with van der Waals surface area (Å²) in [4.78, 5) is 17.0. The van der Waals surface area contributed by atoms with Crippen LogP contribution in [-0.2, 0) is 0 Å². The van der Waals surface area contributed by atoms with E-state index in [4.69, 9.17) is 4.52 Å². The first-order valence-electron chi connectivity index (χ1n) is 8.55. The number of benzene rings is 2. The van der Waals surface area contributed by atoms with E-state index in [-0.39, 0.29) is 17.5 Å². The maximum atomic E-state index is 13.3. The molecule has 1 N–H and O–H groups in total. The van der Waals surface area contributed by atoms with Gasteiger partial charge in [0.1, 0.15) is 11.6 Å². The highest BCUT2D eigenvalue weighted by Gasteiger charge is 2.19. The van der Waals surface area contributed by atoms with E-state index in [1.165, 1.54) is 30.5 Å². The van der Waals surface area contributed by atoms with Crippen LogP contribution in [0.1, 0.15) is 33.2 Å². The van der Waals surface area contributed by atoms with Gasteiger partial charge in [-0.15, -0.1) is 0 Å². The summed E-state index contributed by atoms with van der Waals surface area (Å²) in [5.74, 6) is -1.15. The van der Waals surface area contributed by atoms with Crippen molar-refractivity contribution >= 4 is 17.0 Å². The molecular weight excluding hydrogens is 364 g/mol. The van der Waals surface area contributed by atoms with Crippen molar-refractivity contribution in [1.82, 2.24) is 15.5 Å². The van der Waals surface area contributed by atoms with Crippen LogP contribution in [0.25, 0.3) is 11.1 Å². The highest BCUT2D eigenvalue weighted by Crippen LogP contribution is 2.24. The van der Waals surface area contributed by atoms with Crippen molar-refractivity contribution in [3.8, 4) is 0 Å². The van der Waals surface area contributed by atoms with Gasteiger partial charge in [0.2, 0.25) is 0 Å². The highest BCUT2D eigenvalue weighted by atomic mass is 19.1. The smallest absolute Gasteiger partial charge is 0.257 e. The lowest BCUT2D eigenvalue weighted by atomic mass is 9.98. The second-order valence-electron chi connectivity index (χ2n) is 6.35. The van der Waals surface area contributed by atoms with E-state index in [1.54, 1.807) is 37.3 Å². The lowest BCUT2D eigenvalue weighted by molar-refractivity contribution is 0.0943. The molecule has 0 aliphatic rings. The number of carbonyl (C=O) groups excluding carboxylic acids is 1. The number of aryl methyl sites for hydroxylation is 1. The third-order valence-electron chi connectivity index (χ3n) is 4.45. The minimum absolute atomic E-state index is 0.327. The van der Waals surface area contributed by atoms with Gasteiger partial charge in [0.25, 0.3) is 11.6 Å². The minimum atomic E-state index is -0.590. The zero-order valence-electron chi connectivity index (χ0n) is 14.8. The first kappa shape index (κ1) is 17.8. The minimum Gasteiger partial charge on any atom is -0.341 e. The number of hydrogen-bond donors (Lipinski definition) is 1. The van der Waals surface area contributed by atoms with Gasteiger partial charge in [0, 0.05) is 6.20 Å². The normalized spacial score (nSPS) is 11.1. The van der Waals surface area contributed by atoms with Gasteiger partial charge in [-0.1, -0.05) is 29.4 Å². The van der Waals surface area contributed by atoms with Gasteiger partial charge in [-0.3, -0.25) is 4.79 Å². The molecule has 5 nitrogen and oxygen atoms in total. The largest absolute Gasteiger partial charge is 0.341 e. The summed E-state index contributed by atoms with van der Waals surface area (Å²) in [5.41, 5.74) is 2.63. The second-order valence-corrected chi connectivity index (χ2v) is 6.35. The molecule has 0 unspecified atom stereocenters.